The Balaban J connectivity index is 0.000000255. The number of benzene rings is 2. The summed E-state index contributed by atoms with van der Waals surface area (Å²) in [4.78, 5) is 39.8. The van der Waals surface area contributed by atoms with Crippen LogP contribution in [-0.4, -0.2) is 152 Å². The molecule has 0 spiro atoms. The number of nitrogens with one attached hydrogen (secondary N) is 9. The Bertz CT molecular complexity index is 5230. The van der Waals surface area contributed by atoms with Crippen molar-refractivity contribution < 1.29 is 29.1 Å². The van der Waals surface area contributed by atoms with Gasteiger partial charge < -0.3 is 57.3 Å². The Morgan fingerprint density at radius 3 is 1.42 bits per heavy atom. The van der Waals surface area contributed by atoms with Gasteiger partial charge in [-0.1, -0.05) is 125 Å². The van der Waals surface area contributed by atoms with E-state index in [0.29, 0.717) is 131 Å². The lowest BCUT2D eigenvalue weighted by Gasteiger charge is -2.41. The van der Waals surface area contributed by atoms with Gasteiger partial charge in [-0.15, -0.1) is 6.42 Å². The maximum atomic E-state index is 12.8. The molecule has 4 fully saturated rings. The van der Waals surface area contributed by atoms with Crippen LogP contribution in [0, 0.1) is 93.7 Å². The number of hydrogen-bond acceptors (Lipinski definition) is 25. The van der Waals surface area contributed by atoms with Crippen molar-refractivity contribution in [1.82, 2.24) is 79.2 Å². The molecule has 32 heteroatoms. The number of halogens is 3. The topological polar surface area (TPSA) is 393 Å². The molecule has 0 radical (unpaired) electrons. The largest absolute Gasteiger partial charge is 0.435 e. The minimum atomic E-state index is -4.48. The van der Waals surface area contributed by atoms with Gasteiger partial charge in [0.05, 0.1) is 78.6 Å². The standard InChI is InChI=1S/C25H31N7.C24H30N6O.C20H26F3N7O.C19H27N7.CH4.4H2/c1-18-9-10-21(15-25(18,2)3)29-23-20(16-26)17-28-24(30-23)27-12-14-32-13-11-22(31-32)19-7-5-4-6-8-19;1-5-17-15-26-23(29-22(17)28-18-10-11-21(31)24(3,4)14-18)25-12-13-30-16(2)27-19-8-6-7-9-20(19)30;1-12-8-15(20(21,22)23)29-30(12)7-6-25-18-26-11-13(10-24)17(28-18)27-14-4-5-16(31)19(2,3)9-14;1-13-4-5-16(8-19(13,2)3)25-17-15(9-20)12-22-18(26-17)21-7-6-14-10-23-24-11-14;;;;;/h4-8,11,13,17-18,21H,9-10,12,14-15H2,1-3H3,(H2,27,28,29,30);1,6-9,15,18,21,31H,10-14H2,2-4H3,(H2,25,26,28,29);8,11,14,16,31H,4-7,9H2,1-3H3,(H2,25,26,27,28);10-13,16H,4-8H2,1-3H3,(H,23,24)(H2,21,22,25,26);1H4;4*1H/t2*18-,21+;14-,16+;13-,16+;;;;;/m0110...../s1. The van der Waals surface area contributed by atoms with E-state index in [-0.39, 0.29) is 72.7 Å². The highest BCUT2D eigenvalue weighted by molar-refractivity contribution is 5.76. The van der Waals surface area contributed by atoms with Crippen LogP contribution in [0.5, 0.6) is 0 Å². The quantitative estimate of drug-likeness (QED) is 0.0237. The smallest absolute Gasteiger partial charge is 0.393 e. The maximum Gasteiger partial charge on any atom is 0.435 e. The van der Waals surface area contributed by atoms with Crippen LogP contribution in [0.1, 0.15) is 204 Å². The minimum absolute atomic E-state index is 0. The van der Waals surface area contributed by atoms with Crippen LogP contribution in [0.15, 0.2) is 110 Å². The molecule has 0 amide bonds. The molecule has 4 aliphatic rings. The van der Waals surface area contributed by atoms with E-state index in [9.17, 15) is 39.2 Å². The second-order valence-electron chi connectivity index (χ2n) is 34.7. The zero-order valence-corrected chi connectivity index (χ0v) is 70.8. The number of H-pyrrole nitrogens is 1. The Labute approximate surface area is 714 Å². The second kappa shape index (κ2) is 40.8. The number of rotatable bonds is 25. The number of anilines is 8. The predicted molar refractivity (Wildman–Crippen MR) is 476 cm³/mol. The van der Waals surface area contributed by atoms with Crippen LogP contribution < -0.4 is 42.5 Å². The molecule has 8 aromatic heterocycles. The molecular formula is C89H126F3N27O2. The van der Waals surface area contributed by atoms with Gasteiger partial charge in [0.2, 0.25) is 23.8 Å². The van der Waals surface area contributed by atoms with Crippen LogP contribution >= 0.6 is 0 Å². The van der Waals surface area contributed by atoms with Gasteiger partial charge in [0.15, 0.2) is 5.69 Å². The molecule has 29 nitrogen and oxygen atoms in total. The maximum absolute atomic E-state index is 12.8. The third kappa shape index (κ3) is 24.8. The fourth-order valence-electron chi connectivity index (χ4n) is 15.9. The number of fused-ring (bicyclic) bond motifs is 1. The first-order valence-corrected chi connectivity index (χ1v) is 41.4. The highest BCUT2D eigenvalue weighted by Gasteiger charge is 2.40. The van der Waals surface area contributed by atoms with E-state index in [1.54, 1.807) is 31.7 Å². The molecule has 0 unspecified atom stereocenters. The Morgan fingerprint density at radius 2 is 0.975 bits per heavy atom. The number of terminal acetylenes is 1. The van der Waals surface area contributed by atoms with Crippen molar-refractivity contribution in [1.29, 1.82) is 15.8 Å². The first-order valence-electron chi connectivity index (χ1n) is 41.4. The summed E-state index contributed by atoms with van der Waals surface area (Å²) in [6, 6.07) is 28.7. The summed E-state index contributed by atoms with van der Waals surface area (Å²) < 4.78 is 43.7. The first-order chi connectivity index (χ1) is 57.3. The number of hydrogen-bond donors (Lipinski definition) is 11. The highest BCUT2D eigenvalue weighted by atomic mass is 19.4. The van der Waals surface area contributed by atoms with E-state index >= 15 is 0 Å². The predicted octanol–water partition coefficient (Wildman–Crippen LogP) is 16.8. The van der Waals surface area contributed by atoms with E-state index < -0.39 is 11.9 Å². The molecule has 10 aromatic rings. The van der Waals surface area contributed by atoms with E-state index in [4.69, 9.17) is 6.42 Å². The van der Waals surface area contributed by atoms with Gasteiger partial charge >= 0.3 is 6.18 Å². The Kier molecular flexibility index (Phi) is 30.8. The molecule has 8 atom stereocenters. The fraction of sp³-hybridized carbons (Fsp3) is 0.517. The molecule has 121 heavy (non-hydrogen) atoms. The molecule has 11 N–H and O–H groups in total. The van der Waals surface area contributed by atoms with Crippen molar-refractivity contribution in [3.05, 3.63) is 155 Å². The van der Waals surface area contributed by atoms with Crippen LogP contribution in [0.4, 0.5) is 60.2 Å². The van der Waals surface area contributed by atoms with Crippen LogP contribution in [0.3, 0.4) is 0 Å². The number of aromatic amines is 1. The van der Waals surface area contributed by atoms with Gasteiger partial charge in [-0.25, -0.2) is 24.9 Å². The first kappa shape index (κ1) is 91.3. The van der Waals surface area contributed by atoms with E-state index in [2.05, 4.69) is 210 Å². The zero-order valence-electron chi connectivity index (χ0n) is 70.8. The normalized spacial score (nSPS) is 20.5. The van der Waals surface area contributed by atoms with Gasteiger partial charge in [-0.3, -0.25) is 14.5 Å². The summed E-state index contributed by atoms with van der Waals surface area (Å²) >= 11 is 0. The molecule has 14 rings (SSSR count). The van der Waals surface area contributed by atoms with Crippen LogP contribution in [0.2, 0.25) is 0 Å². The van der Waals surface area contributed by atoms with Crippen molar-refractivity contribution in [2.24, 2.45) is 33.5 Å². The summed E-state index contributed by atoms with van der Waals surface area (Å²) in [5, 5.41) is 90.1. The van der Waals surface area contributed by atoms with E-state index in [0.717, 1.165) is 110 Å². The molecule has 650 valence electrons. The third-order valence-electron chi connectivity index (χ3n) is 24.0. The lowest BCUT2D eigenvalue weighted by atomic mass is 9.68. The van der Waals surface area contributed by atoms with Gasteiger partial charge in [0.25, 0.3) is 0 Å². The number of imidazole rings is 1. The summed E-state index contributed by atoms with van der Waals surface area (Å²) in [7, 11) is 0. The van der Waals surface area contributed by atoms with Gasteiger partial charge in [-0.05, 0) is 161 Å². The molecule has 2 aromatic carbocycles. The van der Waals surface area contributed by atoms with Crippen molar-refractivity contribution in [2.75, 3.05) is 68.7 Å². The number of aliphatic hydroxyl groups is 2. The Morgan fingerprint density at radius 1 is 0.537 bits per heavy atom. The summed E-state index contributed by atoms with van der Waals surface area (Å²) in [6.07, 6.45) is 24.6. The number of para-hydroxylation sites is 2. The fourth-order valence-corrected chi connectivity index (χ4v) is 15.9. The highest BCUT2D eigenvalue weighted by Crippen LogP contribution is 2.44. The van der Waals surface area contributed by atoms with Crippen LogP contribution in [-0.2, 0) is 32.2 Å². The summed E-state index contributed by atoms with van der Waals surface area (Å²) in [6.45, 7) is 29.6. The Hall–Kier alpha value is -12.0. The lowest BCUT2D eigenvalue weighted by Crippen LogP contribution is -2.41. The van der Waals surface area contributed by atoms with Crippen molar-refractivity contribution in [2.45, 2.75) is 236 Å². The minimum Gasteiger partial charge on any atom is -0.393 e. The molecule has 4 aliphatic carbocycles. The van der Waals surface area contributed by atoms with Crippen molar-refractivity contribution >= 4 is 58.1 Å². The number of nitrogens with zero attached hydrogens (tertiary/aromatic N) is 18. The molecule has 0 saturated heterocycles. The van der Waals surface area contributed by atoms with Gasteiger partial charge in [0.1, 0.15) is 64.0 Å². The number of alkyl halides is 3. The van der Waals surface area contributed by atoms with Crippen molar-refractivity contribution in [3.8, 4) is 41.8 Å². The monoisotopic (exact) mass is 1660 g/mol. The molecule has 4 saturated carbocycles. The summed E-state index contributed by atoms with van der Waals surface area (Å²) in [5.41, 5.74) is 6.89. The SMILES string of the molecule is C.C#Cc1cnc(NCCn2c(C)nc3ccccc32)nc1N[C@@H]1CC[C@H](O)C(C)(C)C1.C[C@H]1CC[C@@H](Nc2nc(NCCc3cn[nH]c3)ncc2C#N)CC1(C)C.C[C@H]1CC[C@@H](Nc2nc(NCCn3ccc(-c4ccccc4)n3)ncc2C#N)CC1(C)C.Cc1cc(C(F)(F)F)nn1CCNc1ncc(C#N)c(N[C@@H]2CC[C@H](O)C(C)(C)C2)n1.[HH].[HH].[HH].[HH]. The van der Waals surface area contributed by atoms with E-state index in [1.807, 2.05) is 80.3 Å². The number of nitriles is 3. The number of aromatic nitrogens is 16. The molecular weight excluding hydrogens is 1540 g/mol. The summed E-state index contributed by atoms with van der Waals surface area (Å²) in [5.74, 6) is 9.23. The van der Waals surface area contributed by atoms with E-state index in [1.165, 1.54) is 23.7 Å². The number of aliphatic hydroxyl groups excluding tert-OH is 2. The zero-order chi connectivity index (χ0) is 85.9. The molecule has 0 aliphatic heterocycles. The average Bonchev–Trinajstić information content (AvgIpc) is 1.62. The second-order valence-corrected chi connectivity index (χ2v) is 34.7. The van der Waals surface area contributed by atoms with Gasteiger partial charge in [-0.2, -0.15) is 64.2 Å². The lowest BCUT2D eigenvalue weighted by molar-refractivity contribution is -0.141. The number of aryl methyl sites for hydroxylation is 2. The average molecular weight is 1660 g/mol. The van der Waals surface area contributed by atoms with Crippen molar-refractivity contribution in [3.63, 3.8) is 0 Å². The van der Waals surface area contributed by atoms with Gasteiger partial charge in [0, 0.05) is 86.2 Å². The third-order valence-corrected chi connectivity index (χ3v) is 24.0. The van der Waals surface area contributed by atoms with Crippen LogP contribution in [0.25, 0.3) is 22.3 Å². The molecule has 8 heterocycles. The molecule has 0 bridgehead atoms.